The maximum absolute atomic E-state index is 10.6. The topological polar surface area (TPSA) is 26.3 Å². The number of carbonyl (C=O) groups excluding carboxylic acids is 1. The van der Waals surface area contributed by atoms with E-state index in [-0.39, 0.29) is 5.97 Å². The van der Waals surface area contributed by atoms with Gasteiger partial charge < -0.3 is 4.74 Å². The van der Waals surface area contributed by atoms with Crippen LogP contribution in [0.1, 0.15) is 78.6 Å². The fraction of sp³-hybridized carbons (Fsp3) is 0.722. The number of esters is 1. The molecule has 0 radical (unpaired) electrons. The number of rotatable bonds is 12. The van der Waals surface area contributed by atoms with Gasteiger partial charge in [0.15, 0.2) is 0 Å². The lowest BCUT2D eigenvalue weighted by molar-refractivity contribution is -0.141. The van der Waals surface area contributed by atoms with Gasteiger partial charge in [-0.25, -0.2) is 0 Å². The van der Waals surface area contributed by atoms with Crippen LogP contribution in [0.4, 0.5) is 0 Å². The van der Waals surface area contributed by atoms with Crippen LogP contribution in [0.3, 0.4) is 0 Å². The smallest absolute Gasteiger partial charge is 0.302 e. The van der Waals surface area contributed by atoms with E-state index in [9.17, 15) is 4.79 Å². The molecule has 116 valence electrons. The van der Waals surface area contributed by atoms with Crippen molar-refractivity contribution in [3.05, 3.63) is 23.8 Å². The molecule has 0 bridgehead atoms. The first-order valence-electron chi connectivity index (χ1n) is 8.16. The number of hydrogen-bond acceptors (Lipinski definition) is 2. The van der Waals surface area contributed by atoms with E-state index >= 15 is 0 Å². The normalized spacial score (nSPS) is 10.8. The van der Waals surface area contributed by atoms with Crippen molar-refractivity contribution in [1.82, 2.24) is 0 Å². The van der Waals surface area contributed by atoms with Gasteiger partial charge in [0.2, 0.25) is 0 Å². The third-order valence-electron chi connectivity index (χ3n) is 3.15. The monoisotopic (exact) mass is 280 g/mol. The van der Waals surface area contributed by atoms with Crippen molar-refractivity contribution in [1.29, 1.82) is 0 Å². The van der Waals surface area contributed by atoms with Crippen molar-refractivity contribution < 1.29 is 9.53 Å². The van der Waals surface area contributed by atoms with Gasteiger partial charge in [-0.15, -0.1) is 0 Å². The van der Waals surface area contributed by atoms with Crippen molar-refractivity contribution in [3.8, 4) is 0 Å². The van der Waals surface area contributed by atoms with E-state index in [0.717, 1.165) is 25.7 Å². The highest BCUT2D eigenvalue weighted by atomic mass is 16.5. The van der Waals surface area contributed by atoms with Crippen molar-refractivity contribution in [2.24, 2.45) is 0 Å². The van der Waals surface area contributed by atoms with Crippen molar-refractivity contribution in [2.45, 2.75) is 78.6 Å². The minimum atomic E-state index is -0.178. The molecule has 20 heavy (non-hydrogen) atoms. The van der Waals surface area contributed by atoms with Crippen LogP contribution in [0, 0.1) is 0 Å². The third kappa shape index (κ3) is 13.4. The van der Waals surface area contributed by atoms with E-state index in [2.05, 4.69) is 32.1 Å². The largest absolute Gasteiger partial charge is 0.466 e. The Morgan fingerprint density at radius 3 is 2.20 bits per heavy atom. The lowest BCUT2D eigenvalue weighted by Gasteiger charge is -2.03. The summed E-state index contributed by atoms with van der Waals surface area (Å²) < 4.78 is 4.89. The molecule has 0 aliphatic carbocycles. The Kier molecular flexibility index (Phi) is 13.6. The molecule has 0 aliphatic heterocycles. The van der Waals surface area contributed by atoms with Gasteiger partial charge in [0.1, 0.15) is 0 Å². The third-order valence-corrected chi connectivity index (χ3v) is 3.15. The number of ether oxygens (including phenoxy) is 1. The summed E-state index contributed by atoms with van der Waals surface area (Å²) in [4.78, 5) is 10.6. The summed E-state index contributed by atoms with van der Waals surface area (Å²) in [5, 5.41) is 0. The molecule has 0 aromatic carbocycles. The summed E-state index contributed by atoms with van der Waals surface area (Å²) in [7, 11) is 0. The van der Waals surface area contributed by atoms with Gasteiger partial charge in [-0.3, -0.25) is 4.79 Å². The first-order valence-corrected chi connectivity index (χ1v) is 8.16. The van der Waals surface area contributed by atoms with Gasteiger partial charge in [0, 0.05) is 6.92 Å². The van der Waals surface area contributed by atoms with E-state index in [0.29, 0.717) is 6.61 Å². The predicted octanol–water partition coefficient (Wildman–Crippen LogP) is 5.58. The predicted molar refractivity (Wildman–Crippen MR) is 86.8 cm³/mol. The van der Waals surface area contributed by atoms with E-state index in [1.54, 1.807) is 5.57 Å². The molecule has 0 fully saturated rings. The van der Waals surface area contributed by atoms with E-state index in [4.69, 9.17) is 4.74 Å². The van der Waals surface area contributed by atoms with Crippen molar-refractivity contribution in [3.63, 3.8) is 0 Å². The SMILES string of the molecule is CCCC(=CCC/C=C/CCCCOC(C)=O)CCC. The Balaban J connectivity index is 3.55. The molecule has 2 nitrogen and oxygen atoms in total. The summed E-state index contributed by atoms with van der Waals surface area (Å²) >= 11 is 0. The van der Waals surface area contributed by atoms with Crippen LogP contribution in [0.15, 0.2) is 23.8 Å². The highest BCUT2D eigenvalue weighted by Crippen LogP contribution is 2.13. The first kappa shape index (κ1) is 18.9. The van der Waals surface area contributed by atoms with Crippen LogP contribution in [-0.2, 0) is 9.53 Å². The maximum Gasteiger partial charge on any atom is 0.302 e. The summed E-state index contributed by atoms with van der Waals surface area (Å²) in [6.07, 6.45) is 17.4. The molecular formula is C18H32O2. The molecule has 0 saturated heterocycles. The molecule has 0 amide bonds. The molecule has 0 heterocycles. The Morgan fingerprint density at radius 1 is 0.950 bits per heavy atom. The highest BCUT2D eigenvalue weighted by molar-refractivity contribution is 5.65. The number of carbonyl (C=O) groups is 1. The fourth-order valence-corrected chi connectivity index (χ4v) is 2.17. The second kappa shape index (κ2) is 14.4. The number of unbranched alkanes of at least 4 members (excludes halogenated alkanes) is 3. The van der Waals surface area contributed by atoms with Gasteiger partial charge in [-0.2, -0.15) is 0 Å². The van der Waals surface area contributed by atoms with Crippen LogP contribution in [0.25, 0.3) is 0 Å². The van der Waals surface area contributed by atoms with Crippen LogP contribution < -0.4 is 0 Å². The molecule has 0 atom stereocenters. The van der Waals surface area contributed by atoms with Gasteiger partial charge in [0.25, 0.3) is 0 Å². The zero-order chi connectivity index (χ0) is 15.1. The quantitative estimate of drug-likeness (QED) is 0.265. The van der Waals surface area contributed by atoms with E-state index in [1.807, 2.05) is 0 Å². The van der Waals surface area contributed by atoms with E-state index in [1.165, 1.54) is 39.0 Å². The second-order valence-corrected chi connectivity index (χ2v) is 5.25. The average Bonchev–Trinajstić information content (AvgIpc) is 2.41. The molecule has 0 aliphatic rings. The second-order valence-electron chi connectivity index (χ2n) is 5.25. The van der Waals surface area contributed by atoms with Gasteiger partial charge >= 0.3 is 5.97 Å². The Labute approximate surface area is 125 Å². The summed E-state index contributed by atoms with van der Waals surface area (Å²) in [5.41, 5.74) is 1.63. The first-order chi connectivity index (χ1) is 9.70. The average molecular weight is 280 g/mol. The van der Waals surface area contributed by atoms with Crippen molar-refractivity contribution >= 4 is 5.97 Å². The molecule has 0 saturated carbocycles. The molecule has 0 aromatic rings. The van der Waals surface area contributed by atoms with Crippen LogP contribution in [0.2, 0.25) is 0 Å². The van der Waals surface area contributed by atoms with Crippen LogP contribution in [0.5, 0.6) is 0 Å². The molecule has 0 rings (SSSR count). The molecule has 0 aromatic heterocycles. The van der Waals surface area contributed by atoms with Gasteiger partial charge in [-0.1, -0.05) is 50.5 Å². The summed E-state index contributed by atoms with van der Waals surface area (Å²) in [6, 6.07) is 0. The molecule has 0 N–H and O–H groups in total. The highest BCUT2D eigenvalue weighted by Gasteiger charge is 1.94. The Bertz CT molecular complexity index is 282. The summed E-state index contributed by atoms with van der Waals surface area (Å²) in [5.74, 6) is -0.178. The molecule has 0 spiro atoms. The summed E-state index contributed by atoms with van der Waals surface area (Å²) in [6.45, 7) is 6.51. The lowest BCUT2D eigenvalue weighted by atomic mass is 10.0. The standard InChI is InChI=1S/C18H32O2/c1-4-13-18(14-5-2)15-11-9-7-6-8-10-12-16-20-17(3)19/h6-7,15H,4-5,8-14,16H2,1-3H3/b7-6+. The van der Waals surface area contributed by atoms with Crippen molar-refractivity contribution in [2.75, 3.05) is 6.61 Å². The zero-order valence-electron chi connectivity index (χ0n) is 13.6. The molecular weight excluding hydrogens is 248 g/mol. The Hall–Kier alpha value is -1.05. The fourth-order valence-electron chi connectivity index (χ4n) is 2.17. The van der Waals surface area contributed by atoms with E-state index < -0.39 is 0 Å². The van der Waals surface area contributed by atoms with Crippen LogP contribution >= 0.6 is 0 Å². The van der Waals surface area contributed by atoms with Gasteiger partial charge in [-0.05, 0) is 44.9 Å². The Morgan fingerprint density at radius 2 is 1.60 bits per heavy atom. The lowest BCUT2D eigenvalue weighted by Crippen LogP contribution is -1.99. The maximum atomic E-state index is 10.6. The molecule has 0 unspecified atom stereocenters. The minimum absolute atomic E-state index is 0.178. The number of allylic oxidation sites excluding steroid dienone is 4. The van der Waals surface area contributed by atoms with Crippen LogP contribution in [-0.4, -0.2) is 12.6 Å². The minimum Gasteiger partial charge on any atom is -0.466 e. The van der Waals surface area contributed by atoms with Gasteiger partial charge in [0.05, 0.1) is 6.61 Å². The number of hydrogen-bond donors (Lipinski definition) is 0. The molecule has 2 heteroatoms. The zero-order valence-corrected chi connectivity index (χ0v) is 13.6.